The van der Waals surface area contributed by atoms with E-state index in [1.807, 2.05) is 0 Å². The molecule has 0 radical (unpaired) electrons. The van der Waals surface area contributed by atoms with E-state index in [9.17, 15) is 14.4 Å². The van der Waals surface area contributed by atoms with Gasteiger partial charge in [0, 0.05) is 12.8 Å². The molecule has 0 aliphatic carbocycles. The summed E-state index contributed by atoms with van der Waals surface area (Å²) in [6.45, 7) is 0. The van der Waals surface area contributed by atoms with Crippen LogP contribution in [0.1, 0.15) is 19.3 Å². The first kappa shape index (κ1) is 16.9. The van der Waals surface area contributed by atoms with Gasteiger partial charge in [0.05, 0.1) is 20.3 Å². The zero-order valence-electron chi connectivity index (χ0n) is 11.0. The normalized spacial score (nSPS) is 12.7. The van der Waals surface area contributed by atoms with Gasteiger partial charge in [-0.3, -0.25) is 9.59 Å². The first-order valence-corrected chi connectivity index (χ1v) is 5.60. The summed E-state index contributed by atoms with van der Waals surface area (Å²) < 4.78 is 8.93. The lowest BCUT2D eigenvalue weighted by molar-refractivity contribution is -0.145. The molecule has 0 spiro atoms. The van der Waals surface area contributed by atoms with Crippen molar-refractivity contribution in [2.24, 2.45) is 5.73 Å². The highest BCUT2D eigenvalue weighted by Gasteiger charge is 2.23. The highest BCUT2D eigenvalue weighted by atomic mass is 16.5. The number of amides is 1. The fourth-order valence-electron chi connectivity index (χ4n) is 1.24. The number of ether oxygens (including phenoxy) is 2. The van der Waals surface area contributed by atoms with Crippen molar-refractivity contribution >= 4 is 17.8 Å². The fraction of sp³-hybridized carbons (Fsp3) is 0.583. The molecule has 106 valence electrons. The van der Waals surface area contributed by atoms with Crippen LogP contribution in [0.3, 0.4) is 0 Å². The van der Waals surface area contributed by atoms with Crippen molar-refractivity contribution < 1.29 is 23.9 Å². The highest BCUT2D eigenvalue weighted by Crippen LogP contribution is 2.00. The van der Waals surface area contributed by atoms with Gasteiger partial charge in [-0.05, 0) is 6.42 Å². The van der Waals surface area contributed by atoms with Crippen molar-refractivity contribution in [3.63, 3.8) is 0 Å². The molecule has 2 atom stereocenters. The molecule has 3 N–H and O–H groups in total. The summed E-state index contributed by atoms with van der Waals surface area (Å²) in [5, 5.41) is 2.38. The maximum atomic E-state index is 11.7. The van der Waals surface area contributed by atoms with Crippen LogP contribution in [0.2, 0.25) is 0 Å². The Morgan fingerprint density at radius 2 is 1.95 bits per heavy atom. The number of nitrogens with one attached hydrogen (secondary N) is 1. The molecule has 7 heteroatoms. The fourth-order valence-corrected chi connectivity index (χ4v) is 1.24. The van der Waals surface area contributed by atoms with Gasteiger partial charge in [0.15, 0.2) is 0 Å². The molecule has 1 unspecified atom stereocenters. The average molecular weight is 270 g/mol. The van der Waals surface area contributed by atoms with E-state index in [2.05, 4.69) is 20.7 Å². The lowest BCUT2D eigenvalue weighted by atomic mass is 10.1. The molecule has 0 aliphatic rings. The SMILES string of the molecule is C#CCC(NC(=O)[C@@H](N)CCC(=O)OC)C(=O)OC. The molecule has 1 amide bonds. The Bertz CT molecular complexity index is 375. The van der Waals surface area contributed by atoms with E-state index in [1.165, 1.54) is 14.2 Å². The van der Waals surface area contributed by atoms with E-state index < -0.39 is 29.9 Å². The van der Waals surface area contributed by atoms with Gasteiger partial charge in [0.2, 0.25) is 5.91 Å². The van der Waals surface area contributed by atoms with Crippen LogP contribution in [0.5, 0.6) is 0 Å². The zero-order valence-corrected chi connectivity index (χ0v) is 11.0. The Hall–Kier alpha value is -2.07. The van der Waals surface area contributed by atoms with Gasteiger partial charge >= 0.3 is 11.9 Å². The summed E-state index contributed by atoms with van der Waals surface area (Å²) in [4.78, 5) is 33.9. The Balaban J connectivity index is 4.35. The van der Waals surface area contributed by atoms with Crippen molar-refractivity contribution in [3.8, 4) is 12.3 Å². The van der Waals surface area contributed by atoms with E-state index in [-0.39, 0.29) is 19.3 Å². The minimum Gasteiger partial charge on any atom is -0.469 e. The van der Waals surface area contributed by atoms with E-state index in [1.54, 1.807) is 0 Å². The van der Waals surface area contributed by atoms with Gasteiger partial charge in [-0.1, -0.05) is 0 Å². The Labute approximate surface area is 111 Å². The van der Waals surface area contributed by atoms with Crippen molar-refractivity contribution in [1.82, 2.24) is 5.32 Å². The van der Waals surface area contributed by atoms with Gasteiger partial charge in [-0.25, -0.2) is 4.79 Å². The Kier molecular flexibility index (Phi) is 7.97. The van der Waals surface area contributed by atoms with Gasteiger partial charge in [-0.2, -0.15) is 0 Å². The predicted molar refractivity (Wildman–Crippen MR) is 66.6 cm³/mol. The average Bonchev–Trinajstić information content (AvgIpc) is 2.42. The van der Waals surface area contributed by atoms with Gasteiger partial charge < -0.3 is 20.5 Å². The molecule has 0 saturated carbocycles. The number of esters is 2. The van der Waals surface area contributed by atoms with Gasteiger partial charge in [0.25, 0.3) is 0 Å². The topological polar surface area (TPSA) is 108 Å². The maximum absolute atomic E-state index is 11.7. The number of hydrogen-bond acceptors (Lipinski definition) is 6. The molecule has 0 heterocycles. The van der Waals surface area contributed by atoms with Crippen LogP contribution in [-0.4, -0.2) is 44.1 Å². The number of rotatable bonds is 7. The van der Waals surface area contributed by atoms with Crippen molar-refractivity contribution in [2.75, 3.05) is 14.2 Å². The number of carbonyl (C=O) groups excluding carboxylic acids is 3. The molecule has 0 aromatic heterocycles. The van der Waals surface area contributed by atoms with Crippen molar-refractivity contribution in [1.29, 1.82) is 0 Å². The third kappa shape index (κ3) is 6.43. The minimum atomic E-state index is -0.938. The summed E-state index contributed by atoms with van der Waals surface area (Å²) in [5.41, 5.74) is 5.58. The monoisotopic (exact) mass is 270 g/mol. The lowest BCUT2D eigenvalue weighted by Crippen LogP contribution is -2.48. The zero-order chi connectivity index (χ0) is 14.8. The molecule has 0 fully saturated rings. The van der Waals surface area contributed by atoms with E-state index >= 15 is 0 Å². The molecule has 19 heavy (non-hydrogen) atoms. The number of carbonyl (C=O) groups is 3. The third-order valence-electron chi connectivity index (χ3n) is 2.35. The van der Waals surface area contributed by atoms with Gasteiger partial charge in [-0.15, -0.1) is 12.3 Å². The molecule has 0 aromatic rings. The lowest BCUT2D eigenvalue weighted by Gasteiger charge is -2.17. The highest BCUT2D eigenvalue weighted by molar-refractivity contribution is 5.87. The standard InChI is InChI=1S/C12H18N2O5/c1-4-5-9(12(17)19-3)14-11(16)8(13)6-7-10(15)18-2/h1,8-9H,5-7,13H2,2-3H3,(H,14,16)/t8-,9?/m0/s1. The number of hydrogen-bond donors (Lipinski definition) is 2. The Morgan fingerprint density at radius 3 is 2.42 bits per heavy atom. The van der Waals surface area contributed by atoms with Crippen molar-refractivity contribution in [2.45, 2.75) is 31.3 Å². The number of terminal acetylenes is 1. The summed E-state index contributed by atoms with van der Waals surface area (Å²) in [6, 6.07) is -1.87. The second kappa shape index (κ2) is 8.94. The largest absolute Gasteiger partial charge is 0.469 e. The summed E-state index contributed by atoms with van der Waals surface area (Å²) in [7, 11) is 2.43. The van der Waals surface area contributed by atoms with Crippen LogP contribution in [-0.2, 0) is 23.9 Å². The molecule has 0 saturated heterocycles. The summed E-state index contributed by atoms with van der Waals surface area (Å²) >= 11 is 0. The number of methoxy groups -OCH3 is 2. The van der Waals surface area contributed by atoms with Crippen LogP contribution in [0.4, 0.5) is 0 Å². The smallest absolute Gasteiger partial charge is 0.329 e. The summed E-state index contributed by atoms with van der Waals surface area (Å²) in [5.74, 6) is 0.573. The number of nitrogens with two attached hydrogens (primary N) is 1. The first-order valence-electron chi connectivity index (χ1n) is 5.60. The summed E-state index contributed by atoms with van der Waals surface area (Å²) in [6.07, 6.45) is 5.22. The van der Waals surface area contributed by atoms with Crippen molar-refractivity contribution in [3.05, 3.63) is 0 Å². The molecular formula is C12H18N2O5. The quantitative estimate of drug-likeness (QED) is 0.451. The van der Waals surface area contributed by atoms with Crippen LogP contribution in [0, 0.1) is 12.3 Å². The van der Waals surface area contributed by atoms with E-state index in [0.717, 1.165) is 0 Å². The van der Waals surface area contributed by atoms with E-state index in [4.69, 9.17) is 12.2 Å². The molecule has 0 aromatic carbocycles. The Morgan fingerprint density at radius 1 is 1.32 bits per heavy atom. The third-order valence-corrected chi connectivity index (χ3v) is 2.35. The molecular weight excluding hydrogens is 252 g/mol. The maximum Gasteiger partial charge on any atom is 0.329 e. The minimum absolute atomic E-state index is 0.00212. The van der Waals surface area contributed by atoms with Crippen LogP contribution in [0.15, 0.2) is 0 Å². The second-order valence-corrected chi connectivity index (χ2v) is 3.71. The molecule has 0 rings (SSSR count). The molecule has 0 aliphatic heterocycles. The van der Waals surface area contributed by atoms with Crippen LogP contribution < -0.4 is 11.1 Å². The predicted octanol–water partition coefficient (Wildman–Crippen LogP) is -1.05. The molecule has 7 nitrogen and oxygen atoms in total. The van der Waals surface area contributed by atoms with Crippen LogP contribution >= 0.6 is 0 Å². The first-order chi connectivity index (χ1) is 8.96. The van der Waals surface area contributed by atoms with E-state index in [0.29, 0.717) is 0 Å². The molecule has 0 bridgehead atoms. The van der Waals surface area contributed by atoms with Crippen LogP contribution in [0.25, 0.3) is 0 Å². The van der Waals surface area contributed by atoms with Gasteiger partial charge in [0.1, 0.15) is 6.04 Å². The second-order valence-electron chi connectivity index (χ2n) is 3.71.